The van der Waals surface area contributed by atoms with Crippen LogP contribution >= 0.6 is 11.8 Å². The molecule has 2 saturated heterocycles. The van der Waals surface area contributed by atoms with Crippen LogP contribution in [0.15, 0.2) is 29.2 Å². The van der Waals surface area contributed by atoms with E-state index in [-0.39, 0.29) is 23.4 Å². The van der Waals surface area contributed by atoms with Gasteiger partial charge in [0.05, 0.1) is 18.3 Å². The van der Waals surface area contributed by atoms with Gasteiger partial charge in [0.1, 0.15) is 6.10 Å². The largest absolute Gasteiger partial charge is 0.390 e. The van der Waals surface area contributed by atoms with Crippen molar-refractivity contribution in [1.29, 1.82) is 0 Å². The van der Waals surface area contributed by atoms with Crippen LogP contribution in [0.1, 0.15) is 31.2 Å². The Bertz CT molecular complexity index is 516. The number of hydrogen-bond donors (Lipinski definition) is 1. The van der Waals surface area contributed by atoms with Crippen LogP contribution in [0.2, 0.25) is 0 Å². The Morgan fingerprint density at radius 1 is 1.36 bits per heavy atom. The van der Waals surface area contributed by atoms with Gasteiger partial charge in [0.25, 0.3) is 0 Å². The lowest BCUT2D eigenvalue weighted by atomic mass is 9.92. The Morgan fingerprint density at radius 2 is 2.14 bits per heavy atom. The van der Waals surface area contributed by atoms with E-state index in [1.807, 2.05) is 31.2 Å². The second-order valence-electron chi connectivity index (χ2n) is 6.07. The summed E-state index contributed by atoms with van der Waals surface area (Å²) in [4.78, 5) is 13.2. The molecule has 0 spiro atoms. The molecule has 0 unspecified atom stereocenters. The number of ether oxygens (including phenoxy) is 2. The molecule has 2 aliphatic rings. The number of thioether (sulfide) groups is 1. The number of fused-ring (bicyclic) bond motifs is 1. The van der Waals surface area contributed by atoms with Crippen LogP contribution in [0, 0.1) is 6.92 Å². The number of carbonyl (C=O) groups excluding carboxylic acids is 1. The molecule has 0 bridgehead atoms. The summed E-state index contributed by atoms with van der Waals surface area (Å²) < 4.78 is 11.6. The van der Waals surface area contributed by atoms with Crippen LogP contribution in [0.25, 0.3) is 0 Å². The van der Waals surface area contributed by atoms with E-state index in [1.54, 1.807) is 0 Å². The van der Waals surface area contributed by atoms with E-state index in [9.17, 15) is 9.90 Å². The van der Waals surface area contributed by atoms with Crippen LogP contribution in [-0.4, -0.2) is 41.2 Å². The molecule has 5 heteroatoms. The zero-order valence-corrected chi connectivity index (χ0v) is 13.6. The summed E-state index contributed by atoms with van der Waals surface area (Å²) in [6.07, 6.45) is 1.64. The van der Waals surface area contributed by atoms with Crippen molar-refractivity contribution >= 4 is 16.9 Å². The highest BCUT2D eigenvalue weighted by Crippen LogP contribution is 2.32. The molecule has 3 rings (SSSR count). The van der Waals surface area contributed by atoms with Crippen molar-refractivity contribution < 1.29 is 19.4 Å². The van der Waals surface area contributed by atoms with Crippen LogP contribution in [0.3, 0.4) is 0 Å². The van der Waals surface area contributed by atoms with Crippen LogP contribution in [0.5, 0.6) is 0 Å². The Labute approximate surface area is 135 Å². The number of aliphatic hydroxyl groups excluding tert-OH is 1. The van der Waals surface area contributed by atoms with Gasteiger partial charge in [0, 0.05) is 24.3 Å². The van der Waals surface area contributed by atoms with Crippen molar-refractivity contribution in [3.63, 3.8) is 0 Å². The summed E-state index contributed by atoms with van der Waals surface area (Å²) in [6, 6.07) is 7.92. The molecule has 2 heterocycles. The highest BCUT2D eigenvalue weighted by Gasteiger charge is 2.40. The Hall–Kier alpha value is -0.880. The SMILES string of the molecule is Cc1ccc(SC(=O)C[C@@H]2C[C@H](O)[C@H]3OCCC[C@@H]3O2)cc1. The lowest BCUT2D eigenvalue weighted by Crippen LogP contribution is -2.52. The van der Waals surface area contributed by atoms with E-state index in [2.05, 4.69) is 0 Å². The van der Waals surface area contributed by atoms with Crippen LogP contribution < -0.4 is 0 Å². The van der Waals surface area contributed by atoms with Gasteiger partial charge < -0.3 is 14.6 Å². The molecule has 1 N–H and O–H groups in total. The molecule has 22 heavy (non-hydrogen) atoms. The third kappa shape index (κ3) is 3.90. The Morgan fingerprint density at radius 3 is 2.91 bits per heavy atom. The number of benzene rings is 1. The summed E-state index contributed by atoms with van der Waals surface area (Å²) in [5, 5.41) is 10.3. The second-order valence-corrected chi connectivity index (χ2v) is 7.20. The highest BCUT2D eigenvalue weighted by molar-refractivity contribution is 8.13. The molecular formula is C17H22O4S. The van der Waals surface area contributed by atoms with E-state index < -0.39 is 6.10 Å². The molecule has 1 aromatic carbocycles. The summed E-state index contributed by atoms with van der Waals surface area (Å²) >= 11 is 1.24. The molecule has 0 amide bonds. The molecule has 0 saturated carbocycles. The molecule has 1 aromatic rings. The molecular weight excluding hydrogens is 300 g/mol. The van der Waals surface area contributed by atoms with Gasteiger partial charge in [-0.3, -0.25) is 4.79 Å². The third-order valence-corrected chi connectivity index (χ3v) is 5.11. The van der Waals surface area contributed by atoms with E-state index >= 15 is 0 Å². The first-order valence-corrected chi connectivity index (χ1v) is 8.66. The maximum Gasteiger partial charge on any atom is 0.196 e. The summed E-state index contributed by atoms with van der Waals surface area (Å²) in [5.74, 6) is 0. The first-order chi connectivity index (χ1) is 10.6. The van der Waals surface area contributed by atoms with Gasteiger partial charge in [-0.25, -0.2) is 0 Å². The van der Waals surface area contributed by atoms with Crippen molar-refractivity contribution in [2.24, 2.45) is 0 Å². The number of aliphatic hydroxyl groups is 1. The first-order valence-electron chi connectivity index (χ1n) is 7.84. The molecule has 4 nitrogen and oxygen atoms in total. The predicted octanol–water partition coefficient (Wildman–Crippen LogP) is 2.70. The fraction of sp³-hybridized carbons (Fsp3) is 0.588. The normalized spacial score (nSPS) is 31.5. The molecule has 0 aliphatic carbocycles. The minimum atomic E-state index is -0.527. The summed E-state index contributed by atoms with van der Waals surface area (Å²) in [6.45, 7) is 2.71. The Kier molecular flexibility index (Phi) is 5.18. The lowest BCUT2D eigenvalue weighted by Gasteiger charge is -2.42. The minimum absolute atomic E-state index is 0.0697. The summed E-state index contributed by atoms with van der Waals surface area (Å²) in [7, 11) is 0. The maximum absolute atomic E-state index is 12.2. The third-order valence-electron chi connectivity index (χ3n) is 4.21. The topological polar surface area (TPSA) is 55.8 Å². The van der Waals surface area contributed by atoms with E-state index in [0.717, 1.165) is 17.7 Å². The van der Waals surface area contributed by atoms with Crippen molar-refractivity contribution in [2.45, 2.75) is 61.9 Å². The second kappa shape index (κ2) is 7.13. The lowest BCUT2D eigenvalue weighted by molar-refractivity contribution is -0.207. The predicted molar refractivity (Wildman–Crippen MR) is 84.9 cm³/mol. The number of rotatable bonds is 3. The smallest absolute Gasteiger partial charge is 0.196 e. The van der Waals surface area contributed by atoms with Gasteiger partial charge in [-0.2, -0.15) is 0 Å². The quantitative estimate of drug-likeness (QED) is 0.867. The molecule has 4 atom stereocenters. The van der Waals surface area contributed by atoms with E-state index in [1.165, 1.54) is 17.3 Å². The van der Waals surface area contributed by atoms with Gasteiger partial charge in [-0.05, 0) is 31.9 Å². The van der Waals surface area contributed by atoms with Crippen LogP contribution in [0.4, 0.5) is 0 Å². The summed E-state index contributed by atoms with van der Waals surface area (Å²) in [5.41, 5.74) is 1.18. The zero-order chi connectivity index (χ0) is 15.5. The fourth-order valence-electron chi connectivity index (χ4n) is 3.08. The molecule has 2 aliphatic heterocycles. The molecule has 2 fully saturated rings. The van der Waals surface area contributed by atoms with E-state index in [0.29, 0.717) is 19.4 Å². The van der Waals surface area contributed by atoms with Gasteiger partial charge >= 0.3 is 0 Å². The maximum atomic E-state index is 12.2. The molecule has 0 radical (unpaired) electrons. The van der Waals surface area contributed by atoms with Gasteiger partial charge in [0.2, 0.25) is 0 Å². The minimum Gasteiger partial charge on any atom is -0.390 e. The van der Waals surface area contributed by atoms with Gasteiger partial charge in [-0.15, -0.1) is 0 Å². The molecule has 120 valence electrons. The Balaban J connectivity index is 1.54. The standard InChI is InChI=1S/C17H22O4S/c1-11-4-6-13(7-5-11)22-16(19)10-12-9-14(18)17-15(21-12)3-2-8-20-17/h4-7,12,14-15,17-18H,2-3,8-10H2,1H3/t12-,14-,15-,17+/m0/s1. The van der Waals surface area contributed by atoms with Crippen LogP contribution in [-0.2, 0) is 14.3 Å². The van der Waals surface area contributed by atoms with Gasteiger partial charge in [-0.1, -0.05) is 29.5 Å². The van der Waals surface area contributed by atoms with E-state index in [4.69, 9.17) is 9.47 Å². The highest BCUT2D eigenvalue weighted by atomic mass is 32.2. The van der Waals surface area contributed by atoms with Crippen molar-refractivity contribution in [2.75, 3.05) is 6.61 Å². The van der Waals surface area contributed by atoms with Crippen molar-refractivity contribution in [1.82, 2.24) is 0 Å². The average molecular weight is 322 g/mol. The zero-order valence-electron chi connectivity index (χ0n) is 12.7. The number of carbonyl (C=O) groups is 1. The monoisotopic (exact) mass is 322 g/mol. The van der Waals surface area contributed by atoms with Crippen molar-refractivity contribution in [3.05, 3.63) is 29.8 Å². The van der Waals surface area contributed by atoms with Gasteiger partial charge in [0.15, 0.2) is 5.12 Å². The van der Waals surface area contributed by atoms with Crippen molar-refractivity contribution in [3.8, 4) is 0 Å². The average Bonchev–Trinajstić information content (AvgIpc) is 2.49. The molecule has 0 aromatic heterocycles. The first kappa shape index (κ1) is 16.0. The fourth-order valence-corrected chi connectivity index (χ4v) is 3.89. The number of hydrogen-bond acceptors (Lipinski definition) is 5. The number of aryl methyl sites for hydroxylation is 1.